The number of aromatic nitrogens is 2. The van der Waals surface area contributed by atoms with Gasteiger partial charge in [-0.15, -0.1) is 0 Å². The van der Waals surface area contributed by atoms with Gasteiger partial charge in [-0.05, 0) is 42.5 Å². The van der Waals surface area contributed by atoms with Crippen LogP contribution in [0.5, 0.6) is 0 Å². The third-order valence-corrected chi connectivity index (χ3v) is 5.54. The zero-order valence-electron chi connectivity index (χ0n) is 13.5. The number of amides is 1. The van der Waals surface area contributed by atoms with Gasteiger partial charge in [0.2, 0.25) is 5.91 Å². The Labute approximate surface area is 154 Å². The molecule has 2 aromatic rings. The van der Waals surface area contributed by atoms with E-state index in [-0.39, 0.29) is 5.91 Å². The van der Waals surface area contributed by atoms with Gasteiger partial charge in [-0.25, -0.2) is 0 Å². The molecule has 0 atom stereocenters. The van der Waals surface area contributed by atoms with E-state index in [1.165, 1.54) is 5.57 Å². The number of aryl methyl sites for hydroxylation is 1. The Morgan fingerprint density at radius 1 is 1.44 bits per heavy atom. The number of carbonyl (C=O) groups is 1. The van der Waals surface area contributed by atoms with E-state index >= 15 is 0 Å². The highest BCUT2D eigenvalue weighted by Crippen LogP contribution is 2.47. The summed E-state index contributed by atoms with van der Waals surface area (Å²) in [6.07, 6.45) is 1.44. The SMILES string of the molecule is Cc1noc(-c2cc(Cl)c(Cl)c3c2C2=C(CCN(C(=O)CO)C2)C3)n1. The van der Waals surface area contributed by atoms with Crippen molar-refractivity contribution in [2.24, 2.45) is 0 Å². The third-order valence-electron chi connectivity index (χ3n) is 4.71. The molecule has 0 spiro atoms. The Bertz CT molecular complexity index is 920. The molecule has 0 bridgehead atoms. The molecule has 6 nitrogen and oxygen atoms in total. The Morgan fingerprint density at radius 2 is 2.24 bits per heavy atom. The minimum atomic E-state index is -0.493. The monoisotopic (exact) mass is 379 g/mol. The average Bonchev–Trinajstić information content (AvgIpc) is 3.20. The molecular weight excluding hydrogens is 365 g/mol. The lowest BCUT2D eigenvalue weighted by atomic mass is 9.96. The lowest BCUT2D eigenvalue weighted by molar-refractivity contribution is -0.133. The summed E-state index contributed by atoms with van der Waals surface area (Å²) in [7, 11) is 0. The Morgan fingerprint density at radius 3 is 2.92 bits per heavy atom. The van der Waals surface area contributed by atoms with Crippen LogP contribution in [-0.4, -0.2) is 45.8 Å². The molecule has 1 aliphatic carbocycles. The number of nitrogens with zero attached hydrogens (tertiary/aromatic N) is 3. The molecule has 1 aliphatic heterocycles. The van der Waals surface area contributed by atoms with Crippen LogP contribution in [0.2, 0.25) is 10.0 Å². The molecule has 0 unspecified atom stereocenters. The van der Waals surface area contributed by atoms with E-state index in [0.29, 0.717) is 41.3 Å². The summed E-state index contributed by atoms with van der Waals surface area (Å²) in [6, 6.07) is 1.73. The number of hydrogen-bond acceptors (Lipinski definition) is 5. The second-order valence-electron chi connectivity index (χ2n) is 6.20. The van der Waals surface area contributed by atoms with Gasteiger partial charge in [0.1, 0.15) is 6.61 Å². The maximum absolute atomic E-state index is 11.9. The highest BCUT2D eigenvalue weighted by atomic mass is 35.5. The van der Waals surface area contributed by atoms with E-state index in [4.69, 9.17) is 32.8 Å². The van der Waals surface area contributed by atoms with Gasteiger partial charge in [-0.3, -0.25) is 4.79 Å². The van der Waals surface area contributed by atoms with Gasteiger partial charge >= 0.3 is 0 Å². The summed E-state index contributed by atoms with van der Waals surface area (Å²) in [6.45, 7) is 2.27. The van der Waals surface area contributed by atoms with Crippen molar-refractivity contribution in [2.75, 3.05) is 19.7 Å². The first-order valence-corrected chi connectivity index (χ1v) is 8.66. The first kappa shape index (κ1) is 16.6. The summed E-state index contributed by atoms with van der Waals surface area (Å²) in [4.78, 5) is 17.9. The van der Waals surface area contributed by atoms with Crippen LogP contribution in [0.15, 0.2) is 16.2 Å². The topological polar surface area (TPSA) is 79.5 Å². The lowest BCUT2D eigenvalue weighted by Gasteiger charge is -2.28. The van der Waals surface area contributed by atoms with Crippen LogP contribution in [0.1, 0.15) is 23.4 Å². The normalized spacial score (nSPS) is 16.2. The van der Waals surface area contributed by atoms with Crippen molar-refractivity contribution in [3.05, 3.63) is 38.6 Å². The molecule has 2 aliphatic rings. The van der Waals surface area contributed by atoms with E-state index < -0.39 is 6.61 Å². The molecule has 0 fully saturated rings. The third kappa shape index (κ3) is 2.65. The zero-order chi connectivity index (χ0) is 17.7. The van der Waals surface area contributed by atoms with Crippen molar-refractivity contribution < 1.29 is 14.4 Å². The standard InChI is InChI=1S/C17H15Cl2N3O3/c1-8-20-17(25-21-8)11-5-13(18)16(19)10-4-9-2-3-22(14(24)7-23)6-12(9)15(10)11/h5,23H,2-4,6-7H2,1H3. The maximum Gasteiger partial charge on any atom is 0.258 e. The van der Waals surface area contributed by atoms with E-state index in [1.54, 1.807) is 17.9 Å². The summed E-state index contributed by atoms with van der Waals surface area (Å²) in [5.74, 6) is 0.629. The Balaban J connectivity index is 1.86. The van der Waals surface area contributed by atoms with E-state index in [0.717, 1.165) is 28.7 Å². The van der Waals surface area contributed by atoms with Crippen molar-refractivity contribution >= 4 is 34.7 Å². The molecule has 0 radical (unpaired) electrons. The fourth-order valence-corrected chi connectivity index (χ4v) is 3.98. The van der Waals surface area contributed by atoms with E-state index in [2.05, 4.69) is 10.1 Å². The van der Waals surface area contributed by atoms with Gasteiger partial charge in [0.05, 0.1) is 10.0 Å². The van der Waals surface area contributed by atoms with Crippen LogP contribution in [0.25, 0.3) is 17.0 Å². The zero-order valence-corrected chi connectivity index (χ0v) is 15.0. The van der Waals surface area contributed by atoms with Crippen LogP contribution < -0.4 is 0 Å². The molecule has 0 saturated carbocycles. The molecule has 8 heteroatoms. The van der Waals surface area contributed by atoms with Crippen molar-refractivity contribution in [1.82, 2.24) is 15.0 Å². The van der Waals surface area contributed by atoms with Gasteiger partial charge in [0.15, 0.2) is 5.82 Å². The van der Waals surface area contributed by atoms with Crippen LogP contribution in [0.3, 0.4) is 0 Å². The Kier molecular flexibility index (Phi) is 4.06. The number of hydrogen-bond donors (Lipinski definition) is 1. The molecule has 1 aromatic carbocycles. The fraction of sp³-hybridized carbons (Fsp3) is 0.353. The number of rotatable bonds is 2. The summed E-state index contributed by atoms with van der Waals surface area (Å²) in [5.41, 5.74) is 4.85. The summed E-state index contributed by atoms with van der Waals surface area (Å²) >= 11 is 12.8. The minimum Gasteiger partial charge on any atom is -0.387 e. The van der Waals surface area contributed by atoms with E-state index in [1.807, 2.05) is 0 Å². The molecule has 4 rings (SSSR count). The van der Waals surface area contributed by atoms with Crippen molar-refractivity contribution in [3.8, 4) is 11.5 Å². The largest absolute Gasteiger partial charge is 0.387 e. The smallest absolute Gasteiger partial charge is 0.258 e. The predicted molar refractivity (Wildman–Crippen MR) is 93.4 cm³/mol. The predicted octanol–water partition coefficient (Wildman–Crippen LogP) is 2.89. The summed E-state index contributed by atoms with van der Waals surface area (Å²) in [5, 5.41) is 14.0. The summed E-state index contributed by atoms with van der Waals surface area (Å²) < 4.78 is 5.34. The first-order chi connectivity index (χ1) is 12.0. The maximum atomic E-state index is 11.9. The molecule has 25 heavy (non-hydrogen) atoms. The van der Waals surface area contributed by atoms with Gasteiger partial charge < -0.3 is 14.5 Å². The molecule has 1 amide bonds. The van der Waals surface area contributed by atoms with Gasteiger partial charge in [0.25, 0.3) is 5.89 Å². The van der Waals surface area contributed by atoms with E-state index in [9.17, 15) is 4.79 Å². The number of aliphatic hydroxyl groups is 1. The lowest BCUT2D eigenvalue weighted by Crippen LogP contribution is -2.37. The van der Waals surface area contributed by atoms with Crippen molar-refractivity contribution in [1.29, 1.82) is 0 Å². The quantitative estimate of drug-likeness (QED) is 0.867. The fourth-order valence-electron chi connectivity index (χ4n) is 3.54. The molecule has 2 heterocycles. The number of halogens is 2. The van der Waals surface area contributed by atoms with Gasteiger partial charge in [0, 0.05) is 18.7 Å². The van der Waals surface area contributed by atoms with Gasteiger partial charge in [-0.2, -0.15) is 4.98 Å². The number of carbonyl (C=O) groups excluding carboxylic acids is 1. The molecule has 1 N–H and O–H groups in total. The Hall–Kier alpha value is -1.89. The number of fused-ring (bicyclic) bond motifs is 2. The highest BCUT2D eigenvalue weighted by Gasteiger charge is 2.34. The van der Waals surface area contributed by atoms with Crippen LogP contribution >= 0.6 is 23.2 Å². The van der Waals surface area contributed by atoms with Crippen molar-refractivity contribution in [2.45, 2.75) is 19.8 Å². The average molecular weight is 380 g/mol. The second kappa shape index (κ2) is 6.12. The molecular formula is C17H15Cl2N3O3. The molecule has 0 saturated heterocycles. The van der Waals surface area contributed by atoms with Crippen LogP contribution in [-0.2, 0) is 11.2 Å². The minimum absolute atomic E-state index is 0.282. The molecule has 1 aromatic heterocycles. The first-order valence-electron chi connectivity index (χ1n) is 7.91. The van der Waals surface area contributed by atoms with Gasteiger partial charge in [-0.1, -0.05) is 33.9 Å². The van der Waals surface area contributed by atoms with Crippen LogP contribution in [0.4, 0.5) is 0 Å². The van der Waals surface area contributed by atoms with Crippen molar-refractivity contribution in [3.63, 3.8) is 0 Å². The molecule has 130 valence electrons. The number of aliphatic hydroxyl groups excluding tert-OH is 1. The number of benzene rings is 1. The second-order valence-corrected chi connectivity index (χ2v) is 6.99. The highest BCUT2D eigenvalue weighted by molar-refractivity contribution is 6.43. The van der Waals surface area contributed by atoms with Crippen LogP contribution in [0, 0.1) is 6.92 Å².